The molecule has 5 nitrogen and oxygen atoms in total. The van der Waals surface area contributed by atoms with Crippen LogP contribution in [-0.4, -0.2) is 34.6 Å². The van der Waals surface area contributed by atoms with Gasteiger partial charge >= 0.3 is 6.09 Å². The second-order valence-corrected chi connectivity index (χ2v) is 8.69. The van der Waals surface area contributed by atoms with Gasteiger partial charge in [0.1, 0.15) is 5.60 Å². The van der Waals surface area contributed by atoms with E-state index in [0.717, 1.165) is 31.2 Å². The molecule has 3 rings (SSSR count). The van der Waals surface area contributed by atoms with Crippen LogP contribution < -0.4 is 5.32 Å². The fraction of sp³-hybridized carbons (Fsp3) is 0.600. The maximum absolute atomic E-state index is 12.7. The highest BCUT2D eigenvalue weighted by Crippen LogP contribution is 2.38. The molecule has 26 heavy (non-hydrogen) atoms. The van der Waals surface area contributed by atoms with E-state index in [1.165, 1.54) is 0 Å². The van der Waals surface area contributed by atoms with E-state index in [2.05, 4.69) is 5.32 Å². The SMILES string of the molecule is CC(c1cc(C(=O)NC2CC2)ccc1Cl)N(C(=O)OC(C)(C)C)C1CC1. The van der Waals surface area contributed by atoms with Gasteiger partial charge in [0.15, 0.2) is 0 Å². The Hall–Kier alpha value is -1.75. The number of rotatable bonds is 5. The predicted octanol–water partition coefficient (Wildman–Crippen LogP) is 4.69. The highest BCUT2D eigenvalue weighted by atomic mass is 35.5. The van der Waals surface area contributed by atoms with Gasteiger partial charge in [-0.05, 0) is 77.1 Å². The molecule has 1 atom stereocenters. The van der Waals surface area contributed by atoms with E-state index in [9.17, 15) is 9.59 Å². The molecule has 0 aromatic heterocycles. The summed E-state index contributed by atoms with van der Waals surface area (Å²) in [5.41, 5.74) is 0.788. The number of benzene rings is 1. The second-order valence-electron chi connectivity index (χ2n) is 8.28. The number of carbonyl (C=O) groups excluding carboxylic acids is 2. The minimum Gasteiger partial charge on any atom is -0.444 e. The molecule has 6 heteroatoms. The fourth-order valence-corrected chi connectivity index (χ4v) is 3.22. The second kappa shape index (κ2) is 7.10. The van der Waals surface area contributed by atoms with Crippen LogP contribution in [0.5, 0.6) is 0 Å². The monoisotopic (exact) mass is 378 g/mol. The first-order valence-corrected chi connectivity index (χ1v) is 9.65. The molecule has 0 radical (unpaired) electrons. The van der Waals surface area contributed by atoms with Gasteiger partial charge in [-0.1, -0.05) is 11.6 Å². The third-order valence-electron chi connectivity index (χ3n) is 4.58. The molecular formula is C20H27ClN2O3. The standard InChI is InChI=1S/C20H27ClN2O3/c1-12(23(15-8-9-15)19(25)26-20(2,3)4)16-11-13(5-10-17(16)21)18(24)22-14-6-7-14/h5,10-12,14-15H,6-9H2,1-4H3,(H,22,24). The van der Waals surface area contributed by atoms with Gasteiger partial charge in [0.05, 0.1) is 6.04 Å². The van der Waals surface area contributed by atoms with Gasteiger partial charge in [0, 0.05) is 22.7 Å². The normalized spacial score (nSPS) is 18.2. The largest absolute Gasteiger partial charge is 0.444 e. The third kappa shape index (κ3) is 4.70. The molecule has 1 unspecified atom stereocenters. The molecule has 142 valence electrons. The van der Waals surface area contributed by atoms with Gasteiger partial charge in [0.2, 0.25) is 0 Å². The maximum atomic E-state index is 12.7. The van der Waals surface area contributed by atoms with Crippen LogP contribution in [0.2, 0.25) is 5.02 Å². The Balaban J connectivity index is 1.82. The summed E-state index contributed by atoms with van der Waals surface area (Å²) in [5, 5.41) is 3.54. The Bertz CT molecular complexity index is 705. The number of halogens is 1. The first-order valence-electron chi connectivity index (χ1n) is 9.27. The van der Waals surface area contributed by atoms with Gasteiger partial charge in [-0.3, -0.25) is 9.69 Å². The van der Waals surface area contributed by atoms with Crippen LogP contribution in [0.25, 0.3) is 0 Å². The molecule has 1 aromatic rings. The summed E-state index contributed by atoms with van der Waals surface area (Å²) in [6, 6.07) is 5.45. The van der Waals surface area contributed by atoms with E-state index >= 15 is 0 Å². The Morgan fingerprint density at radius 1 is 1.23 bits per heavy atom. The summed E-state index contributed by atoms with van der Waals surface area (Å²) in [5.74, 6) is -0.0899. The lowest BCUT2D eigenvalue weighted by Gasteiger charge is -2.32. The van der Waals surface area contributed by atoms with Gasteiger partial charge in [-0.25, -0.2) is 4.79 Å². The average molecular weight is 379 g/mol. The summed E-state index contributed by atoms with van der Waals surface area (Å²) >= 11 is 6.41. The van der Waals surface area contributed by atoms with E-state index in [1.54, 1.807) is 23.1 Å². The van der Waals surface area contributed by atoms with E-state index < -0.39 is 5.60 Å². The maximum Gasteiger partial charge on any atom is 0.411 e. The molecular weight excluding hydrogens is 352 g/mol. The van der Waals surface area contributed by atoms with Gasteiger partial charge in [-0.15, -0.1) is 0 Å². The lowest BCUT2D eigenvalue weighted by Crippen LogP contribution is -2.40. The zero-order valence-corrected chi connectivity index (χ0v) is 16.6. The van der Waals surface area contributed by atoms with Crippen molar-refractivity contribution in [3.8, 4) is 0 Å². The van der Waals surface area contributed by atoms with Crippen molar-refractivity contribution in [2.75, 3.05) is 0 Å². The van der Waals surface area contributed by atoms with Crippen molar-refractivity contribution in [3.05, 3.63) is 34.3 Å². The zero-order valence-electron chi connectivity index (χ0n) is 15.8. The Morgan fingerprint density at radius 2 is 1.88 bits per heavy atom. The van der Waals surface area contributed by atoms with Gasteiger partial charge in [-0.2, -0.15) is 0 Å². The van der Waals surface area contributed by atoms with Crippen molar-refractivity contribution in [2.45, 2.75) is 77.1 Å². The van der Waals surface area contributed by atoms with Crippen molar-refractivity contribution >= 4 is 23.6 Å². The summed E-state index contributed by atoms with van der Waals surface area (Å²) in [6.45, 7) is 7.51. The zero-order chi connectivity index (χ0) is 19.1. The average Bonchev–Trinajstić information content (AvgIpc) is 3.41. The van der Waals surface area contributed by atoms with Crippen LogP contribution >= 0.6 is 11.6 Å². The van der Waals surface area contributed by atoms with E-state index in [0.29, 0.717) is 16.6 Å². The van der Waals surface area contributed by atoms with Crippen molar-refractivity contribution in [1.82, 2.24) is 10.2 Å². The number of ether oxygens (including phenoxy) is 1. The van der Waals surface area contributed by atoms with Crippen LogP contribution in [0, 0.1) is 0 Å². The van der Waals surface area contributed by atoms with E-state index in [4.69, 9.17) is 16.3 Å². The molecule has 2 fully saturated rings. The molecule has 0 bridgehead atoms. The van der Waals surface area contributed by atoms with Gasteiger partial charge < -0.3 is 10.1 Å². The van der Waals surface area contributed by atoms with Crippen LogP contribution in [0.1, 0.15) is 75.3 Å². The topological polar surface area (TPSA) is 58.6 Å². The van der Waals surface area contributed by atoms with Crippen molar-refractivity contribution in [1.29, 1.82) is 0 Å². The van der Waals surface area contributed by atoms with Crippen molar-refractivity contribution in [2.24, 2.45) is 0 Å². The van der Waals surface area contributed by atoms with Crippen LogP contribution in [-0.2, 0) is 4.74 Å². The molecule has 2 aliphatic carbocycles. The fourth-order valence-electron chi connectivity index (χ4n) is 2.94. The van der Waals surface area contributed by atoms with Crippen LogP contribution in [0.15, 0.2) is 18.2 Å². The lowest BCUT2D eigenvalue weighted by molar-refractivity contribution is 0.0153. The molecule has 0 saturated heterocycles. The third-order valence-corrected chi connectivity index (χ3v) is 4.93. The highest BCUT2D eigenvalue weighted by molar-refractivity contribution is 6.31. The predicted molar refractivity (Wildman–Crippen MR) is 101 cm³/mol. The van der Waals surface area contributed by atoms with Crippen molar-refractivity contribution in [3.63, 3.8) is 0 Å². The quantitative estimate of drug-likeness (QED) is 0.808. The smallest absolute Gasteiger partial charge is 0.411 e. The molecule has 2 amide bonds. The number of carbonyl (C=O) groups is 2. The summed E-state index contributed by atoms with van der Waals surface area (Å²) < 4.78 is 5.59. The first-order chi connectivity index (χ1) is 12.2. The minimum absolute atomic E-state index is 0.0899. The number of hydrogen-bond acceptors (Lipinski definition) is 3. The minimum atomic E-state index is -0.556. The molecule has 0 heterocycles. The summed E-state index contributed by atoms with van der Waals surface area (Å²) in [6.07, 6.45) is 3.66. The lowest BCUT2D eigenvalue weighted by atomic mass is 10.0. The number of nitrogens with one attached hydrogen (secondary N) is 1. The Kier molecular flexibility index (Phi) is 5.20. The molecule has 1 N–H and O–H groups in total. The molecule has 0 spiro atoms. The van der Waals surface area contributed by atoms with Crippen LogP contribution in [0.3, 0.4) is 0 Å². The molecule has 2 saturated carbocycles. The van der Waals surface area contributed by atoms with Crippen molar-refractivity contribution < 1.29 is 14.3 Å². The van der Waals surface area contributed by atoms with Crippen LogP contribution in [0.4, 0.5) is 4.79 Å². The highest BCUT2D eigenvalue weighted by Gasteiger charge is 2.39. The summed E-state index contributed by atoms with van der Waals surface area (Å²) in [7, 11) is 0. The summed E-state index contributed by atoms with van der Waals surface area (Å²) in [4.78, 5) is 26.8. The number of hydrogen-bond donors (Lipinski definition) is 1. The van der Waals surface area contributed by atoms with E-state index in [-0.39, 0.29) is 24.1 Å². The first kappa shape index (κ1) is 19.0. The number of nitrogens with zero attached hydrogens (tertiary/aromatic N) is 1. The number of amides is 2. The van der Waals surface area contributed by atoms with E-state index in [1.807, 2.05) is 27.7 Å². The van der Waals surface area contributed by atoms with Gasteiger partial charge in [0.25, 0.3) is 5.91 Å². The molecule has 2 aliphatic rings. The Labute approximate surface area is 160 Å². The molecule has 0 aliphatic heterocycles. The molecule has 1 aromatic carbocycles. The Morgan fingerprint density at radius 3 is 2.42 bits per heavy atom.